The van der Waals surface area contributed by atoms with Crippen LogP contribution in [0.2, 0.25) is 10.0 Å². The van der Waals surface area contributed by atoms with Gasteiger partial charge in [0.1, 0.15) is 12.1 Å². The second kappa shape index (κ2) is 9.16. The average molecular weight is 463 g/mol. The van der Waals surface area contributed by atoms with Gasteiger partial charge in [0.25, 0.3) is 5.91 Å². The summed E-state index contributed by atoms with van der Waals surface area (Å²) in [6.07, 6.45) is 0. The van der Waals surface area contributed by atoms with Gasteiger partial charge in [-0.2, -0.15) is 0 Å². The summed E-state index contributed by atoms with van der Waals surface area (Å²) in [5.74, 6) is -1.04. The molecule has 2 aromatic carbocycles. The number of hydrogen-bond acceptors (Lipinski definition) is 4. The van der Waals surface area contributed by atoms with Crippen molar-refractivity contribution in [2.75, 3.05) is 29.9 Å². The first-order valence-electron chi connectivity index (χ1n) is 9.94. The fourth-order valence-corrected chi connectivity index (χ4v) is 4.20. The van der Waals surface area contributed by atoms with E-state index in [-0.39, 0.29) is 5.02 Å². The molecule has 0 bridgehead atoms. The lowest BCUT2D eigenvalue weighted by Gasteiger charge is -2.23. The fourth-order valence-electron chi connectivity index (χ4n) is 3.61. The molecule has 1 atom stereocenters. The molecule has 1 unspecified atom stereocenters. The van der Waals surface area contributed by atoms with Crippen LogP contribution in [-0.4, -0.2) is 42.4 Å². The number of nitrogens with zero attached hydrogens (tertiary/aromatic N) is 2. The van der Waals surface area contributed by atoms with Crippen LogP contribution in [0.25, 0.3) is 0 Å². The van der Waals surface area contributed by atoms with Crippen LogP contribution >= 0.6 is 23.2 Å². The third-order valence-corrected chi connectivity index (χ3v) is 5.87. The van der Waals surface area contributed by atoms with Crippen LogP contribution in [0.3, 0.4) is 0 Å². The summed E-state index contributed by atoms with van der Waals surface area (Å²) in [5, 5.41) is 6.02. The second-order valence-corrected chi connectivity index (χ2v) is 8.18. The number of imide groups is 1. The lowest BCUT2D eigenvalue weighted by Crippen LogP contribution is -2.42. The SMILES string of the molecule is CCN(CC)c1ccc(NC(=O)CN2C(=O)NC(C)(c3ccc(Cl)cc3Cl)C2=O)cc1. The van der Waals surface area contributed by atoms with Crippen molar-refractivity contribution in [3.63, 3.8) is 0 Å². The topological polar surface area (TPSA) is 81.8 Å². The van der Waals surface area contributed by atoms with Gasteiger partial charge in [0.15, 0.2) is 0 Å². The molecule has 1 saturated heterocycles. The van der Waals surface area contributed by atoms with E-state index >= 15 is 0 Å². The van der Waals surface area contributed by atoms with Crippen molar-refractivity contribution in [2.45, 2.75) is 26.3 Å². The van der Waals surface area contributed by atoms with Gasteiger partial charge in [0.2, 0.25) is 5.91 Å². The largest absolute Gasteiger partial charge is 0.372 e. The third-order valence-electron chi connectivity index (χ3n) is 5.33. The number of urea groups is 1. The van der Waals surface area contributed by atoms with Gasteiger partial charge in [0.05, 0.1) is 0 Å². The summed E-state index contributed by atoms with van der Waals surface area (Å²) in [6.45, 7) is 7.04. The monoisotopic (exact) mass is 462 g/mol. The molecule has 0 radical (unpaired) electrons. The van der Waals surface area contributed by atoms with Crippen LogP contribution in [0.15, 0.2) is 42.5 Å². The Hall–Kier alpha value is -2.77. The first kappa shape index (κ1) is 22.9. The zero-order valence-corrected chi connectivity index (χ0v) is 19.0. The van der Waals surface area contributed by atoms with E-state index in [1.807, 2.05) is 12.1 Å². The van der Waals surface area contributed by atoms with E-state index in [2.05, 4.69) is 29.4 Å². The number of benzene rings is 2. The molecule has 4 amide bonds. The molecule has 164 valence electrons. The number of carbonyl (C=O) groups excluding carboxylic acids is 3. The van der Waals surface area contributed by atoms with Crippen molar-refractivity contribution in [2.24, 2.45) is 0 Å². The molecule has 1 fully saturated rings. The minimum absolute atomic E-state index is 0.253. The molecule has 1 aliphatic rings. The molecule has 0 saturated carbocycles. The van der Waals surface area contributed by atoms with Gasteiger partial charge in [-0.15, -0.1) is 0 Å². The maximum atomic E-state index is 13.0. The van der Waals surface area contributed by atoms with Gasteiger partial charge >= 0.3 is 6.03 Å². The van der Waals surface area contributed by atoms with E-state index in [0.717, 1.165) is 23.7 Å². The Morgan fingerprint density at radius 2 is 1.74 bits per heavy atom. The molecule has 2 aromatic rings. The van der Waals surface area contributed by atoms with Crippen LogP contribution in [0.4, 0.5) is 16.2 Å². The number of carbonyl (C=O) groups is 3. The van der Waals surface area contributed by atoms with Crippen LogP contribution in [0, 0.1) is 0 Å². The highest BCUT2D eigenvalue weighted by atomic mass is 35.5. The van der Waals surface area contributed by atoms with Crippen LogP contribution in [-0.2, 0) is 15.1 Å². The van der Waals surface area contributed by atoms with E-state index in [9.17, 15) is 14.4 Å². The molecule has 1 aliphatic heterocycles. The quantitative estimate of drug-likeness (QED) is 0.602. The Balaban J connectivity index is 1.70. The third kappa shape index (κ3) is 4.62. The smallest absolute Gasteiger partial charge is 0.325 e. The van der Waals surface area contributed by atoms with E-state index < -0.39 is 29.9 Å². The van der Waals surface area contributed by atoms with Gasteiger partial charge in [-0.05, 0) is 57.2 Å². The second-order valence-electron chi connectivity index (χ2n) is 7.34. The van der Waals surface area contributed by atoms with Crippen LogP contribution in [0.5, 0.6) is 0 Å². The maximum absolute atomic E-state index is 13.0. The number of amides is 4. The zero-order chi connectivity index (χ0) is 22.8. The van der Waals surface area contributed by atoms with Gasteiger partial charge in [-0.3, -0.25) is 14.5 Å². The molecule has 31 heavy (non-hydrogen) atoms. The Kier molecular flexibility index (Phi) is 6.77. The minimum Gasteiger partial charge on any atom is -0.372 e. The molecule has 0 spiro atoms. The van der Waals surface area contributed by atoms with Crippen molar-refractivity contribution >= 4 is 52.4 Å². The highest BCUT2D eigenvalue weighted by Crippen LogP contribution is 2.34. The van der Waals surface area contributed by atoms with Crippen molar-refractivity contribution in [1.82, 2.24) is 10.2 Å². The lowest BCUT2D eigenvalue weighted by atomic mass is 9.92. The summed E-state index contributed by atoms with van der Waals surface area (Å²) >= 11 is 12.2. The lowest BCUT2D eigenvalue weighted by molar-refractivity contribution is -0.133. The first-order valence-corrected chi connectivity index (χ1v) is 10.7. The number of nitrogens with one attached hydrogen (secondary N) is 2. The van der Waals surface area contributed by atoms with Crippen molar-refractivity contribution in [1.29, 1.82) is 0 Å². The molecular weight excluding hydrogens is 439 g/mol. The maximum Gasteiger partial charge on any atom is 0.325 e. The van der Waals surface area contributed by atoms with Crippen molar-refractivity contribution in [3.05, 3.63) is 58.1 Å². The summed E-state index contributed by atoms with van der Waals surface area (Å²) in [7, 11) is 0. The Bertz CT molecular complexity index is 1010. The highest BCUT2D eigenvalue weighted by molar-refractivity contribution is 6.35. The van der Waals surface area contributed by atoms with Crippen molar-refractivity contribution in [3.8, 4) is 0 Å². The van der Waals surface area contributed by atoms with E-state index in [4.69, 9.17) is 23.2 Å². The Morgan fingerprint density at radius 3 is 2.32 bits per heavy atom. The predicted molar refractivity (Wildman–Crippen MR) is 123 cm³/mol. The molecular formula is C22H24Cl2N4O3. The minimum atomic E-state index is -1.38. The van der Waals surface area contributed by atoms with Gasteiger partial charge < -0.3 is 15.5 Å². The number of anilines is 2. The van der Waals surface area contributed by atoms with Gasteiger partial charge in [-0.25, -0.2) is 4.79 Å². The Labute approximate surface area is 191 Å². The Morgan fingerprint density at radius 1 is 1.10 bits per heavy atom. The molecule has 0 aromatic heterocycles. The summed E-state index contributed by atoms with van der Waals surface area (Å²) in [6, 6.07) is 11.4. The fraction of sp³-hybridized carbons (Fsp3) is 0.318. The average Bonchev–Trinajstić information content (AvgIpc) is 2.93. The van der Waals surface area contributed by atoms with Crippen molar-refractivity contribution < 1.29 is 14.4 Å². The molecule has 0 aliphatic carbocycles. The highest BCUT2D eigenvalue weighted by Gasteiger charge is 2.50. The van der Waals surface area contributed by atoms with E-state index in [1.54, 1.807) is 31.2 Å². The summed E-state index contributed by atoms with van der Waals surface area (Å²) < 4.78 is 0. The predicted octanol–water partition coefficient (Wildman–Crippen LogP) is 4.25. The first-order chi connectivity index (χ1) is 14.7. The number of halogens is 2. The van der Waals surface area contributed by atoms with Gasteiger partial charge in [0, 0.05) is 40.1 Å². The summed E-state index contributed by atoms with van der Waals surface area (Å²) in [4.78, 5) is 41.1. The van der Waals surface area contributed by atoms with Gasteiger partial charge in [-0.1, -0.05) is 29.3 Å². The molecule has 1 heterocycles. The molecule has 3 rings (SSSR count). The zero-order valence-electron chi connectivity index (χ0n) is 17.5. The summed E-state index contributed by atoms with van der Waals surface area (Å²) in [5.41, 5.74) is 0.653. The van der Waals surface area contributed by atoms with E-state index in [0.29, 0.717) is 16.3 Å². The van der Waals surface area contributed by atoms with Crippen LogP contribution < -0.4 is 15.5 Å². The molecule has 7 nitrogen and oxygen atoms in total. The standard InChI is InChI=1S/C22H24Cl2N4O3/c1-4-27(5-2)16-9-7-15(8-10-16)25-19(29)13-28-20(30)22(3,26-21(28)31)17-11-6-14(23)12-18(17)24/h6-12H,4-5,13H2,1-3H3,(H,25,29)(H,26,31). The van der Waals surface area contributed by atoms with Crippen LogP contribution in [0.1, 0.15) is 26.3 Å². The molecule has 2 N–H and O–H groups in total. The number of rotatable bonds is 7. The normalized spacial score (nSPS) is 18.2. The van der Waals surface area contributed by atoms with E-state index in [1.165, 1.54) is 6.07 Å². The molecule has 9 heteroatoms. The number of hydrogen-bond donors (Lipinski definition) is 2.